The Labute approximate surface area is 178 Å². The van der Waals surface area contributed by atoms with E-state index >= 15 is 0 Å². The molecule has 31 heavy (non-hydrogen) atoms. The van der Waals surface area contributed by atoms with Crippen molar-refractivity contribution in [3.05, 3.63) is 0 Å². The average molecular weight is 450 g/mol. The second-order valence-corrected chi connectivity index (χ2v) is 8.15. The predicted molar refractivity (Wildman–Crippen MR) is 103 cm³/mol. The van der Waals surface area contributed by atoms with E-state index in [1.54, 1.807) is 0 Å². The number of hydrogen-bond acceptors (Lipinski definition) is 5. The first-order valence-electron chi connectivity index (χ1n) is 10.4. The highest BCUT2D eigenvalue weighted by molar-refractivity contribution is 6.07. The monoisotopic (exact) mass is 450 g/mol. The summed E-state index contributed by atoms with van der Waals surface area (Å²) in [6.45, 7) is 2.35. The number of nitrogens with one attached hydrogen (secondary N) is 1. The number of hydrogen-bond donors (Lipinski definition) is 3. The maximum atomic E-state index is 12.6. The van der Waals surface area contributed by atoms with Crippen molar-refractivity contribution in [3.8, 4) is 0 Å². The lowest BCUT2D eigenvalue weighted by Crippen LogP contribution is -2.44. The van der Waals surface area contributed by atoms with Crippen LogP contribution in [0.15, 0.2) is 0 Å². The second-order valence-electron chi connectivity index (χ2n) is 8.15. The van der Waals surface area contributed by atoms with E-state index in [1.165, 1.54) is 4.90 Å². The fourth-order valence-electron chi connectivity index (χ4n) is 4.33. The molecule has 1 saturated carbocycles. The van der Waals surface area contributed by atoms with Crippen LogP contribution in [0.1, 0.15) is 51.4 Å². The van der Waals surface area contributed by atoms with E-state index < -0.39 is 17.7 Å². The van der Waals surface area contributed by atoms with Crippen molar-refractivity contribution in [2.75, 3.05) is 26.2 Å². The maximum Gasteiger partial charge on any atom is 0.490 e. The quantitative estimate of drug-likeness (QED) is 0.543. The number of aliphatic carboxylic acids is 1. The summed E-state index contributed by atoms with van der Waals surface area (Å²) in [5, 5.41) is 9.98. The summed E-state index contributed by atoms with van der Waals surface area (Å²) in [5.41, 5.74) is 4.93. The summed E-state index contributed by atoms with van der Waals surface area (Å²) in [5.74, 6) is -2.39. The van der Waals surface area contributed by atoms with Crippen molar-refractivity contribution in [2.45, 2.75) is 63.1 Å². The van der Waals surface area contributed by atoms with E-state index in [-0.39, 0.29) is 30.8 Å². The molecule has 4 N–H and O–H groups in total. The molecular weight excluding hydrogens is 421 g/mol. The Kier molecular flexibility index (Phi) is 8.27. The Hall–Kier alpha value is -2.37. The Morgan fingerprint density at radius 3 is 2.35 bits per heavy atom. The first kappa shape index (κ1) is 24.9. The normalized spacial score (nSPS) is 22.9. The van der Waals surface area contributed by atoms with Gasteiger partial charge in [-0.3, -0.25) is 14.5 Å². The number of halogens is 3. The summed E-state index contributed by atoms with van der Waals surface area (Å²) in [7, 11) is 0. The molecule has 1 atom stereocenters. The highest BCUT2D eigenvalue weighted by Crippen LogP contribution is 2.35. The van der Waals surface area contributed by atoms with Crippen molar-refractivity contribution in [1.29, 1.82) is 0 Å². The largest absolute Gasteiger partial charge is 0.490 e. The van der Waals surface area contributed by atoms with Crippen molar-refractivity contribution in [1.82, 2.24) is 15.1 Å². The van der Waals surface area contributed by atoms with Crippen LogP contribution in [0.4, 0.5) is 18.0 Å². The molecule has 1 spiro atoms. The third-order valence-electron chi connectivity index (χ3n) is 5.94. The molecule has 3 fully saturated rings. The molecular formula is C19H29F3N4O5. The molecule has 9 nitrogen and oxygen atoms in total. The minimum absolute atomic E-state index is 0.0321. The van der Waals surface area contributed by atoms with Gasteiger partial charge < -0.3 is 21.1 Å². The number of nitrogens with zero attached hydrogens (tertiary/aromatic N) is 2. The topological polar surface area (TPSA) is 133 Å². The lowest BCUT2D eigenvalue weighted by Gasteiger charge is -2.33. The van der Waals surface area contributed by atoms with Crippen LogP contribution in [0.2, 0.25) is 0 Å². The van der Waals surface area contributed by atoms with Gasteiger partial charge in [0.2, 0.25) is 5.91 Å². The van der Waals surface area contributed by atoms with E-state index in [9.17, 15) is 27.6 Å². The van der Waals surface area contributed by atoms with Crippen LogP contribution >= 0.6 is 0 Å². The van der Waals surface area contributed by atoms with Gasteiger partial charge in [0.1, 0.15) is 5.54 Å². The Bertz CT molecular complexity index is 693. The number of carbonyl (C=O) groups is 4. The Morgan fingerprint density at radius 1 is 1.19 bits per heavy atom. The number of piperidine rings is 1. The minimum Gasteiger partial charge on any atom is -0.475 e. The smallest absolute Gasteiger partial charge is 0.475 e. The molecule has 3 aliphatic rings. The lowest BCUT2D eigenvalue weighted by molar-refractivity contribution is -0.192. The fraction of sp³-hybridized carbons (Fsp3) is 0.789. The summed E-state index contributed by atoms with van der Waals surface area (Å²) < 4.78 is 31.7. The van der Waals surface area contributed by atoms with E-state index in [1.807, 2.05) is 4.90 Å². The van der Waals surface area contributed by atoms with Crippen molar-refractivity contribution in [2.24, 2.45) is 11.7 Å². The zero-order valence-corrected chi connectivity index (χ0v) is 17.2. The molecule has 12 heteroatoms. The van der Waals surface area contributed by atoms with E-state index in [2.05, 4.69) is 5.32 Å². The first-order chi connectivity index (χ1) is 14.5. The molecule has 2 heterocycles. The van der Waals surface area contributed by atoms with Crippen molar-refractivity contribution in [3.63, 3.8) is 0 Å². The van der Waals surface area contributed by atoms with Gasteiger partial charge in [0.25, 0.3) is 5.91 Å². The van der Waals surface area contributed by atoms with Crippen molar-refractivity contribution >= 4 is 23.8 Å². The molecule has 0 aromatic heterocycles. The standard InChI is InChI=1S/C17H28N4O3.C2HF3O2/c18-9-5-13-4-3-10-20(12-13)14(22)6-11-21-15(23)17(19-16(21)24)7-1-2-8-17;3-2(4,5)1(6)7/h13H,1-12,18H2,(H,19,24);(H,6,7). The summed E-state index contributed by atoms with van der Waals surface area (Å²) in [6, 6.07) is -0.339. The van der Waals surface area contributed by atoms with Crippen LogP contribution < -0.4 is 11.1 Å². The molecule has 1 unspecified atom stereocenters. The fourth-order valence-corrected chi connectivity index (χ4v) is 4.33. The molecule has 3 rings (SSSR count). The molecule has 0 radical (unpaired) electrons. The third kappa shape index (κ3) is 6.31. The summed E-state index contributed by atoms with van der Waals surface area (Å²) in [6.07, 6.45) is 1.57. The van der Waals surface area contributed by atoms with E-state index in [4.69, 9.17) is 15.6 Å². The van der Waals surface area contributed by atoms with E-state index in [0.29, 0.717) is 12.5 Å². The molecule has 0 bridgehead atoms. The van der Waals surface area contributed by atoms with Gasteiger partial charge in [-0.25, -0.2) is 9.59 Å². The second kappa shape index (κ2) is 10.3. The predicted octanol–water partition coefficient (Wildman–Crippen LogP) is 1.46. The molecule has 0 aromatic rings. The number of alkyl halides is 3. The van der Waals surface area contributed by atoms with Gasteiger partial charge in [0.05, 0.1) is 0 Å². The minimum atomic E-state index is -5.08. The van der Waals surface area contributed by atoms with Crippen molar-refractivity contribution < 1.29 is 37.5 Å². The Balaban J connectivity index is 0.000000423. The number of likely N-dealkylation sites (tertiary alicyclic amines) is 1. The van der Waals surface area contributed by atoms with Crippen LogP contribution in [0.3, 0.4) is 0 Å². The average Bonchev–Trinajstić information content (AvgIpc) is 3.26. The van der Waals surface area contributed by atoms with Crippen LogP contribution in [0.25, 0.3) is 0 Å². The van der Waals surface area contributed by atoms with Gasteiger partial charge in [-0.05, 0) is 44.6 Å². The molecule has 176 valence electrons. The highest BCUT2D eigenvalue weighted by atomic mass is 19.4. The maximum absolute atomic E-state index is 12.6. The highest BCUT2D eigenvalue weighted by Gasteiger charge is 2.52. The number of imide groups is 1. The molecule has 2 aliphatic heterocycles. The summed E-state index contributed by atoms with van der Waals surface area (Å²) >= 11 is 0. The number of urea groups is 1. The van der Waals surface area contributed by atoms with Gasteiger partial charge in [-0.2, -0.15) is 13.2 Å². The van der Waals surface area contributed by atoms with Gasteiger partial charge in [-0.1, -0.05) is 12.8 Å². The Morgan fingerprint density at radius 2 is 1.81 bits per heavy atom. The van der Waals surface area contributed by atoms with E-state index in [0.717, 1.165) is 58.0 Å². The number of carbonyl (C=O) groups excluding carboxylic acids is 3. The van der Waals surface area contributed by atoms with Crippen LogP contribution in [-0.2, 0) is 14.4 Å². The number of amides is 4. The zero-order valence-electron chi connectivity index (χ0n) is 17.2. The lowest BCUT2D eigenvalue weighted by atomic mass is 9.94. The molecule has 1 aliphatic carbocycles. The molecule has 2 saturated heterocycles. The van der Waals surface area contributed by atoms with Gasteiger partial charge in [0.15, 0.2) is 0 Å². The van der Waals surface area contributed by atoms with Crippen LogP contribution in [0, 0.1) is 5.92 Å². The molecule has 0 aromatic carbocycles. The SMILES string of the molecule is NCCC1CCCN(C(=O)CCN2C(=O)NC3(CCCC3)C2=O)C1.O=C(O)C(F)(F)F. The zero-order chi connectivity index (χ0) is 23.2. The summed E-state index contributed by atoms with van der Waals surface area (Å²) in [4.78, 5) is 49.2. The van der Waals surface area contributed by atoms with Crippen LogP contribution in [0.5, 0.6) is 0 Å². The third-order valence-corrected chi connectivity index (χ3v) is 5.94. The number of rotatable bonds is 5. The van der Waals surface area contributed by atoms with Gasteiger partial charge in [0, 0.05) is 26.1 Å². The van der Waals surface area contributed by atoms with Gasteiger partial charge in [-0.15, -0.1) is 0 Å². The van der Waals surface area contributed by atoms with Crippen LogP contribution in [-0.4, -0.2) is 76.6 Å². The number of carboxylic acids is 1. The number of carboxylic acid groups (broad SMARTS) is 1. The van der Waals surface area contributed by atoms with Gasteiger partial charge >= 0.3 is 18.2 Å². The first-order valence-corrected chi connectivity index (χ1v) is 10.4. The molecule has 4 amide bonds. The number of nitrogens with two attached hydrogens (primary N) is 1.